The molecular weight excluding hydrogens is 284 g/mol. The summed E-state index contributed by atoms with van der Waals surface area (Å²) in [5, 5.41) is 2.93. The average Bonchev–Trinajstić information content (AvgIpc) is 2.96. The van der Waals surface area contributed by atoms with Gasteiger partial charge in [0.15, 0.2) is 0 Å². The van der Waals surface area contributed by atoms with Crippen LogP contribution in [0, 0.1) is 0 Å². The van der Waals surface area contributed by atoms with E-state index in [1.807, 2.05) is 20.8 Å². The Morgan fingerprint density at radius 2 is 2.00 bits per heavy atom. The molecule has 2 amide bonds. The summed E-state index contributed by atoms with van der Waals surface area (Å²) in [5.41, 5.74) is -0.548. The van der Waals surface area contributed by atoms with Gasteiger partial charge in [0, 0.05) is 19.7 Å². The lowest BCUT2D eigenvalue weighted by molar-refractivity contribution is -0.128. The van der Waals surface area contributed by atoms with Gasteiger partial charge in [0.2, 0.25) is 5.91 Å². The summed E-state index contributed by atoms with van der Waals surface area (Å²) >= 11 is 0. The fourth-order valence-electron chi connectivity index (χ4n) is 2.88. The minimum Gasteiger partial charge on any atom is -0.444 e. The Bertz CT molecular complexity index is 399. The van der Waals surface area contributed by atoms with Gasteiger partial charge in [-0.25, -0.2) is 4.79 Å². The van der Waals surface area contributed by atoms with Crippen LogP contribution in [0.4, 0.5) is 4.79 Å². The summed E-state index contributed by atoms with van der Waals surface area (Å²) in [6.45, 7) is 7.38. The minimum atomic E-state index is -0.548. The van der Waals surface area contributed by atoms with Gasteiger partial charge in [-0.2, -0.15) is 0 Å². The molecule has 2 aliphatic heterocycles. The summed E-state index contributed by atoms with van der Waals surface area (Å²) in [5.74, 6) is -0.0962. The second-order valence-corrected chi connectivity index (χ2v) is 7.07. The van der Waals surface area contributed by atoms with Crippen molar-refractivity contribution >= 4 is 12.0 Å². The first kappa shape index (κ1) is 17.1. The topological polar surface area (TPSA) is 67.9 Å². The van der Waals surface area contributed by atoms with Crippen LogP contribution in [0.25, 0.3) is 0 Å². The standard InChI is InChI=1S/C16H28N2O4/c1-16(2,3)22-15(20)18-9-5-4-8-13(18)14(19)17-11-12-7-6-10-21-12/h12-13H,4-11H2,1-3H3,(H,17,19)/t12-,13-/m0/s1. The first-order chi connectivity index (χ1) is 10.4. The van der Waals surface area contributed by atoms with E-state index in [-0.39, 0.29) is 12.0 Å². The summed E-state index contributed by atoms with van der Waals surface area (Å²) in [6, 6.07) is -0.426. The van der Waals surface area contributed by atoms with Crippen molar-refractivity contribution in [3.63, 3.8) is 0 Å². The van der Waals surface area contributed by atoms with Crippen LogP contribution in [0.15, 0.2) is 0 Å². The molecule has 2 rings (SSSR count). The molecule has 0 aromatic carbocycles. The predicted molar refractivity (Wildman–Crippen MR) is 82.6 cm³/mol. The Hall–Kier alpha value is -1.30. The molecule has 126 valence electrons. The van der Waals surface area contributed by atoms with Crippen molar-refractivity contribution in [3.05, 3.63) is 0 Å². The molecule has 2 fully saturated rings. The predicted octanol–water partition coefficient (Wildman–Crippen LogP) is 2.07. The summed E-state index contributed by atoms with van der Waals surface area (Å²) in [6.07, 6.45) is 4.31. The highest BCUT2D eigenvalue weighted by atomic mass is 16.6. The van der Waals surface area contributed by atoms with E-state index in [9.17, 15) is 9.59 Å². The molecule has 0 radical (unpaired) electrons. The highest BCUT2D eigenvalue weighted by molar-refractivity contribution is 5.85. The van der Waals surface area contributed by atoms with Crippen molar-refractivity contribution < 1.29 is 19.1 Å². The van der Waals surface area contributed by atoms with Gasteiger partial charge in [0.25, 0.3) is 0 Å². The van der Waals surface area contributed by atoms with Crippen molar-refractivity contribution in [1.29, 1.82) is 0 Å². The molecule has 0 aromatic rings. The summed E-state index contributed by atoms with van der Waals surface area (Å²) in [4.78, 5) is 26.3. The number of ether oxygens (including phenoxy) is 2. The maximum Gasteiger partial charge on any atom is 0.410 e. The number of likely N-dealkylation sites (tertiary alicyclic amines) is 1. The first-order valence-electron chi connectivity index (χ1n) is 8.26. The molecule has 2 heterocycles. The maximum atomic E-state index is 12.4. The lowest BCUT2D eigenvalue weighted by atomic mass is 10.0. The van der Waals surface area contributed by atoms with Crippen molar-refractivity contribution in [1.82, 2.24) is 10.2 Å². The van der Waals surface area contributed by atoms with Gasteiger partial charge in [0.1, 0.15) is 11.6 Å². The van der Waals surface area contributed by atoms with Crippen LogP contribution in [-0.2, 0) is 14.3 Å². The zero-order valence-electron chi connectivity index (χ0n) is 13.9. The molecule has 22 heavy (non-hydrogen) atoms. The quantitative estimate of drug-likeness (QED) is 0.866. The number of carbonyl (C=O) groups excluding carboxylic acids is 2. The molecule has 0 unspecified atom stereocenters. The van der Waals surface area contributed by atoms with E-state index in [4.69, 9.17) is 9.47 Å². The molecular formula is C16H28N2O4. The van der Waals surface area contributed by atoms with Crippen LogP contribution in [0.3, 0.4) is 0 Å². The molecule has 1 N–H and O–H groups in total. The Morgan fingerprint density at radius 1 is 1.23 bits per heavy atom. The summed E-state index contributed by atoms with van der Waals surface area (Å²) in [7, 11) is 0. The molecule has 6 heteroatoms. The number of piperidine rings is 1. The SMILES string of the molecule is CC(C)(C)OC(=O)N1CCCC[C@H]1C(=O)NC[C@@H]1CCCO1. The first-order valence-corrected chi connectivity index (χ1v) is 8.26. The van der Waals surface area contributed by atoms with Crippen LogP contribution in [0.1, 0.15) is 52.9 Å². The lowest BCUT2D eigenvalue weighted by Gasteiger charge is -2.35. The van der Waals surface area contributed by atoms with Gasteiger partial charge in [-0.05, 0) is 52.9 Å². The fraction of sp³-hybridized carbons (Fsp3) is 0.875. The third-order valence-electron chi connectivity index (χ3n) is 3.96. The van der Waals surface area contributed by atoms with Gasteiger partial charge in [-0.3, -0.25) is 9.69 Å². The number of rotatable bonds is 3. The van der Waals surface area contributed by atoms with Crippen molar-refractivity contribution in [3.8, 4) is 0 Å². The number of hydrogen-bond acceptors (Lipinski definition) is 4. The van der Waals surface area contributed by atoms with E-state index >= 15 is 0 Å². The van der Waals surface area contributed by atoms with Gasteiger partial charge < -0.3 is 14.8 Å². The Labute approximate surface area is 132 Å². The van der Waals surface area contributed by atoms with Gasteiger partial charge in [0.05, 0.1) is 6.10 Å². The van der Waals surface area contributed by atoms with Crippen LogP contribution < -0.4 is 5.32 Å². The van der Waals surface area contributed by atoms with Crippen molar-refractivity contribution in [2.24, 2.45) is 0 Å². The van der Waals surface area contributed by atoms with Gasteiger partial charge in [-0.15, -0.1) is 0 Å². The van der Waals surface area contributed by atoms with E-state index in [0.29, 0.717) is 19.5 Å². The molecule has 0 bridgehead atoms. The molecule has 2 saturated heterocycles. The van der Waals surface area contributed by atoms with Crippen LogP contribution >= 0.6 is 0 Å². The van der Waals surface area contributed by atoms with Crippen LogP contribution in [0.2, 0.25) is 0 Å². The molecule has 0 aromatic heterocycles. The molecule has 2 atom stereocenters. The zero-order valence-corrected chi connectivity index (χ0v) is 13.9. The fourth-order valence-corrected chi connectivity index (χ4v) is 2.88. The third-order valence-corrected chi connectivity index (χ3v) is 3.96. The molecule has 6 nitrogen and oxygen atoms in total. The van der Waals surface area contributed by atoms with Gasteiger partial charge in [-0.1, -0.05) is 0 Å². The van der Waals surface area contributed by atoms with Gasteiger partial charge >= 0.3 is 6.09 Å². The lowest BCUT2D eigenvalue weighted by Crippen LogP contribution is -2.53. The monoisotopic (exact) mass is 312 g/mol. The largest absolute Gasteiger partial charge is 0.444 e. The van der Waals surface area contributed by atoms with E-state index in [0.717, 1.165) is 32.3 Å². The minimum absolute atomic E-state index is 0.0962. The normalized spacial score (nSPS) is 25.9. The third kappa shape index (κ3) is 4.87. The van der Waals surface area contributed by atoms with E-state index in [2.05, 4.69) is 5.32 Å². The zero-order chi connectivity index (χ0) is 16.2. The second-order valence-electron chi connectivity index (χ2n) is 7.07. The maximum absolute atomic E-state index is 12.4. The van der Waals surface area contributed by atoms with E-state index < -0.39 is 17.7 Å². The molecule has 2 aliphatic rings. The number of amides is 2. The Balaban J connectivity index is 1.90. The Morgan fingerprint density at radius 3 is 2.64 bits per heavy atom. The Kier molecular flexibility index (Phi) is 5.67. The highest BCUT2D eigenvalue weighted by Gasteiger charge is 2.35. The number of nitrogens with one attached hydrogen (secondary N) is 1. The number of nitrogens with zero attached hydrogens (tertiary/aromatic N) is 1. The smallest absolute Gasteiger partial charge is 0.410 e. The van der Waals surface area contributed by atoms with Crippen molar-refractivity contribution in [2.45, 2.75) is 70.6 Å². The highest BCUT2D eigenvalue weighted by Crippen LogP contribution is 2.21. The molecule has 0 saturated carbocycles. The van der Waals surface area contributed by atoms with Crippen LogP contribution in [-0.4, -0.2) is 54.3 Å². The number of carbonyl (C=O) groups is 2. The van der Waals surface area contributed by atoms with Crippen LogP contribution in [0.5, 0.6) is 0 Å². The molecule has 0 aliphatic carbocycles. The van der Waals surface area contributed by atoms with E-state index in [1.165, 1.54) is 0 Å². The van der Waals surface area contributed by atoms with E-state index in [1.54, 1.807) is 4.90 Å². The number of hydrogen-bond donors (Lipinski definition) is 1. The average molecular weight is 312 g/mol. The summed E-state index contributed by atoms with van der Waals surface area (Å²) < 4.78 is 10.9. The molecule has 0 spiro atoms. The van der Waals surface area contributed by atoms with Crippen molar-refractivity contribution in [2.75, 3.05) is 19.7 Å². The second kappa shape index (κ2) is 7.31.